The lowest BCUT2D eigenvalue weighted by atomic mass is 10.0. The van der Waals surface area contributed by atoms with E-state index in [1.807, 2.05) is 24.3 Å². The summed E-state index contributed by atoms with van der Waals surface area (Å²) in [5.74, 6) is -0.529. The van der Waals surface area contributed by atoms with E-state index in [1.54, 1.807) is 11.6 Å². The van der Waals surface area contributed by atoms with Gasteiger partial charge in [-0.3, -0.25) is 10.0 Å². The molecule has 28 heavy (non-hydrogen) atoms. The molecule has 0 saturated carbocycles. The zero-order valence-corrected chi connectivity index (χ0v) is 16.1. The van der Waals surface area contributed by atoms with Crippen molar-refractivity contribution in [1.29, 1.82) is 0 Å². The third-order valence-corrected chi connectivity index (χ3v) is 5.53. The predicted molar refractivity (Wildman–Crippen MR) is 111 cm³/mol. The van der Waals surface area contributed by atoms with Crippen LogP contribution in [0.3, 0.4) is 0 Å². The molecule has 144 valence electrons. The fourth-order valence-electron chi connectivity index (χ4n) is 3.90. The van der Waals surface area contributed by atoms with E-state index in [4.69, 9.17) is 16.8 Å². The first-order chi connectivity index (χ1) is 13.6. The quantitative estimate of drug-likeness (QED) is 0.287. The Morgan fingerprint density at radius 2 is 2.18 bits per heavy atom. The number of carbonyl (C=O) groups is 1. The van der Waals surface area contributed by atoms with Gasteiger partial charge >= 0.3 is 0 Å². The van der Waals surface area contributed by atoms with Gasteiger partial charge in [-0.25, -0.2) is 5.48 Å². The smallest absolute Gasteiger partial charge is 0.267 e. The van der Waals surface area contributed by atoms with E-state index in [9.17, 15) is 4.79 Å². The molecular formula is C22H22ClN3O2. The Balaban J connectivity index is 1.39. The van der Waals surface area contributed by atoms with Gasteiger partial charge < -0.3 is 10.3 Å². The molecular weight excluding hydrogens is 374 g/mol. The van der Waals surface area contributed by atoms with Gasteiger partial charge in [0.1, 0.15) is 0 Å². The van der Waals surface area contributed by atoms with Gasteiger partial charge in [0.05, 0.1) is 0 Å². The highest BCUT2D eigenvalue weighted by Gasteiger charge is 2.21. The van der Waals surface area contributed by atoms with Crippen molar-refractivity contribution in [2.45, 2.75) is 25.3 Å². The van der Waals surface area contributed by atoms with Crippen LogP contribution in [0, 0.1) is 0 Å². The number of hydrogen-bond donors (Lipinski definition) is 4. The van der Waals surface area contributed by atoms with Crippen LogP contribution in [0.1, 0.15) is 34.7 Å². The maximum atomic E-state index is 11.1. The first-order valence-electron chi connectivity index (χ1n) is 9.38. The fourth-order valence-corrected chi connectivity index (χ4v) is 4.07. The molecule has 1 amide bonds. The van der Waals surface area contributed by atoms with Crippen molar-refractivity contribution >= 4 is 34.5 Å². The number of aromatic amines is 1. The predicted octanol–water partition coefficient (Wildman–Crippen LogP) is 4.16. The summed E-state index contributed by atoms with van der Waals surface area (Å²) in [4.78, 5) is 14.4. The molecule has 2 aromatic carbocycles. The van der Waals surface area contributed by atoms with Crippen molar-refractivity contribution in [3.05, 3.63) is 75.9 Å². The number of rotatable bonds is 6. The van der Waals surface area contributed by atoms with E-state index in [2.05, 4.69) is 28.6 Å². The average molecular weight is 396 g/mol. The number of carbonyl (C=O) groups excluding carboxylic acids is 1. The fraction of sp³-hybridized carbons (Fsp3) is 0.227. The molecule has 0 aliphatic heterocycles. The van der Waals surface area contributed by atoms with Crippen molar-refractivity contribution in [3.8, 4) is 0 Å². The van der Waals surface area contributed by atoms with Crippen LogP contribution in [0.15, 0.2) is 48.7 Å². The zero-order valence-electron chi connectivity index (χ0n) is 15.3. The molecule has 0 radical (unpaired) electrons. The van der Waals surface area contributed by atoms with Crippen LogP contribution >= 0.6 is 11.6 Å². The summed E-state index contributed by atoms with van der Waals surface area (Å²) in [5.41, 5.74) is 7.57. The summed E-state index contributed by atoms with van der Waals surface area (Å²) in [6.07, 6.45) is 8.10. The number of fused-ring (bicyclic) bond motifs is 2. The molecule has 0 unspecified atom stereocenters. The van der Waals surface area contributed by atoms with Crippen LogP contribution in [0.25, 0.3) is 17.0 Å². The summed E-state index contributed by atoms with van der Waals surface area (Å²) in [6, 6.07) is 12.5. The van der Waals surface area contributed by atoms with Gasteiger partial charge in [-0.05, 0) is 72.3 Å². The largest absolute Gasteiger partial charge is 0.361 e. The number of aromatic nitrogens is 1. The van der Waals surface area contributed by atoms with Gasteiger partial charge in [0.2, 0.25) is 0 Å². The highest BCUT2D eigenvalue weighted by atomic mass is 35.5. The molecule has 1 atom stereocenters. The van der Waals surface area contributed by atoms with Crippen molar-refractivity contribution in [2.75, 3.05) is 6.54 Å². The first kappa shape index (κ1) is 18.7. The molecule has 6 heteroatoms. The summed E-state index contributed by atoms with van der Waals surface area (Å²) < 4.78 is 0. The molecule has 4 N–H and O–H groups in total. The van der Waals surface area contributed by atoms with Gasteiger partial charge in [0, 0.05) is 34.2 Å². The number of nitrogens with one attached hydrogen (secondary N) is 3. The van der Waals surface area contributed by atoms with Crippen LogP contribution in [0.4, 0.5) is 0 Å². The Morgan fingerprint density at radius 3 is 3.04 bits per heavy atom. The van der Waals surface area contributed by atoms with Gasteiger partial charge in [0.25, 0.3) is 5.91 Å². The van der Waals surface area contributed by atoms with E-state index in [0.29, 0.717) is 6.04 Å². The lowest BCUT2D eigenvalue weighted by Gasteiger charge is -2.14. The highest BCUT2D eigenvalue weighted by molar-refractivity contribution is 6.31. The number of halogens is 1. The average Bonchev–Trinajstić information content (AvgIpc) is 3.30. The number of amides is 1. The second kappa shape index (κ2) is 8.19. The van der Waals surface area contributed by atoms with Crippen LogP contribution < -0.4 is 10.8 Å². The molecule has 0 saturated heterocycles. The van der Waals surface area contributed by atoms with E-state index in [-0.39, 0.29) is 0 Å². The van der Waals surface area contributed by atoms with Crippen LogP contribution in [-0.2, 0) is 17.6 Å². The molecule has 1 heterocycles. The summed E-state index contributed by atoms with van der Waals surface area (Å²) in [6.45, 7) is 0.891. The Hall–Kier alpha value is -2.60. The van der Waals surface area contributed by atoms with E-state index in [0.717, 1.165) is 41.9 Å². The molecule has 1 aromatic heterocycles. The molecule has 0 spiro atoms. The van der Waals surface area contributed by atoms with Crippen LogP contribution in [0.2, 0.25) is 5.02 Å². The van der Waals surface area contributed by atoms with E-state index < -0.39 is 5.91 Å². The third-order valence-electron chi connectivity index (χ3n) is 5.30. The second-order valence-electron chi connectivity index (χ2n) is 7.07. The Morgan fingerprint density at radius 1 is 1.29 bits per heavy atom. The van der Waals surface area contributed by atoms with E-state index in [1.165, 1.54) is 28.2 Å². The molecule has 1 aliphatic carbocycles. The minimum atomic E-state index is -0.529. The number of benzene rings is 2. The third kappa shape index (κ3) is 3.97. The minimum absolute atomic E-state index is 0.350. The Labute approximate surface area is 168 Å². The molecule has 3 aromatic rings. The standard InChI is InChI=1S/C22H22ClN3O2/c23-17-4-7-21-19(12-17)16(13-25-21)9-10-24-20-6-3-15-11-14(1-5-18(15)20)2-8-22(27)26-28/h1-2,4-5,7-8,11-13,20,24-25,28H,3,6,9-10H2,(H,26,27)/b8-2+/t20-/m0/s1. The summed E-state index contributed by atoms with van der Waals surface area (Å²) in [5, 5.41) is 14.2. The lowest BCUT2D eigenvalue weighted by Crippen LogP contribution is -2.21. The summed E-state index contributed by atoms with van der Waals surface area (Å²) >= 11 is 6.13. The maximum absolute atomic E-state index is 11.1. The highest BCUT2D eigenvalue weighted by Crippen LogP contribution is 2.32. The van der Waals surface area contributed by atoms with Crippen molar-refractivity contribution < 1.29 is 10.0 Å². The van der Waals surface area contributed by atoms with Gasteiger partial charge in [-0.2, -0.15) is 0 Å². The SMILES string of the molecule is O=C(/C=C/c1ccc2c(c1)CC[C@@H]2NCCc1c[nH]c2ccc(Cl)cc12)NO. The molecule has 4 rings (SSSR count). The Bertz CT molecular complexity index is 1040. The van der Waals surface area contributed by atoms with Crippen molar-refractivity contribution in [3.63, 3.8) is 0 Å². The van der Waals surface area contributed by atoms with Crippen molar-refractivity contribution in [2.24, 2.45) is 0 Å². The minimum Gasteiger partial charge on any atom is -0.361 e. The monoisotopic (exact) mass is 395 g/mol. The number of hydroxylamine groups is 1. The lowest BCUT2D eigenvalue weighted by molar-refractivity contribution is -0.124. The molecule has 0 fully saturated rings. The zero-order chi connectivity index (χ0) is 19.5. The van der Waals surface area contributed by atoms with Gasteiger partial charge in [-0.15, -0.1) is 0 Å². The van der Waals surface area contributed by atoms with Crippen LogP contribution in [-0.4, -0.2) is 22.6 Å². The summed E-state index contributed by atoms with van der Waals surface area (Å²) in [7, 11) is 0. The molecule has 1 aliphatic rings. The molecule has 5 nitrogen and oxygen atoms in total. The van der Waals surface area contributed by atoms with E-state index >= 15 is 0 Å². The Kier molecular flexibility index (Phi) is 5.48. The molecule has 0 bridgehead atoms. The maximum Gasteiger partial charge on any atom is 0.267 e. The number of aryl methyl sites for hydroxylation is 1. The van der Waals surface area contributed by atoms with Crippen molar-refractivity contribution in [1.82, 2.24) is 15.8 Å². The normalized spacial score (nSPS) is 16.0. The number of hydrogen-bond acceptors (Lipinski definition) is 3. The van der Waals surface area contributed by atoms with Gasteiger partial charge in [-0.1, -0.05) is 29.8 Å². The van der Waals surface area contributed by atoms with Gasteiger partial charge in [0.15, 0.2) is 0 Å². The second-order valence-corrected chi connectivity index (χ2v) is 7.50. The first-order valence-corrected chi connectivity index (χ1v) is 9.76. The topological polar surface area (TPSA) is 77.2 Å². The van der Waals surface area contributed by atoms with Crippen LogP contribution in [0.5, 0.6) is 0 Å². The number of H-pyrrole nitrogens is 1.